The Morgan fingerprint density at radius 2 is 1.92 bits per heavy atom. The van der Waals surface area contributed by atoms with Crippen molar-refractivity contribution in [1.82, 2.24) is 4.57 Å². The molecule has 4 rings (SSSR count). The number of hydrogen-bond donors (Lipinski definition) is 1. The second-order valence-corrected chi connectivity index (χ2v) is 6.90. The van der Waals surface area contributed by atoms with Crippen LogP contribution >= 0.6 is 0 Å². The largest absolute Gasteiger partial charge is 0.385 e. The van der Waals surface area contributed by atoms with Crippen LogP contribution < -0.4 is 10.9 Å². The van der Waals surface area contributed by atoms with Gasteiger partial charge in [-0.2, -0.15) is 0 Å². The van der Waals surface area contributed by atoms with Crippen LogP contribution in [0, 0.1) is 6.92 Å². The van der Waals surface area contributed by atoms with E-state index in [1.165, 1.54) is 16.8 Å². The summed E-state index contributed by atoms with van der Waals surface area (Å²) in [4.78, 5) is 24.1. The summed E-state index contributed by atoms with van der Waals surface area (Å²) in [6.07, 6.45) is 3.32. The highest BCUT2D eigenvalue weighted by atomic mass is 16.1. The fourth-order valence-corrected chi connectivity index (χ4v) is 4.12. The van der Waals surface area contributed by atoms with Crippen molar-refractivity contribution in [2.75, 3.05) is 11.9 Å². The van der Waals surface area contributed by atoms with Crippen LogP contribution in [-0.2, 0) is 24.7 Å². The van der Waals surface area contributed by atoms with Crippen molar-refractivity contribution in [3.8, 4) is 11.1 Å². The molecule has 4 heteroatoms. The van der Waals surface area contributed by atoms with Crippen molar-refractivity contribution >= 4 is 22.7 Å². The molecule has 0 amide bonds. The number of anilines is 1. The van der Waals surface area contributed by atoms with Crippen LogP contribution in [0.25, 0.3) is 21.9 Å². The molecule has 0 spiro atoms. The Labute approximate surface area is 152 Å². The van der Waals surface area contributed by atoms with Gasteiger partial charge < -0.3 is 14.7 Å². The highest BCUT2D eigenvalue weighted by Crippen LogP contribution is 2.38. The molecule has 26 heavy (non-hydrogen) atoms. The number of aldehydes is 1. The van der Waals surface area contributed by atoms with E-state index in [2.05, 4.69) is 24.4 Å². The fraction of sp³-hybridized carbons (Fsp3) is 0.273. The highest BCUT2D eigenvalue weighted by molar-refractivity contribution is 5.99. The molecule has 0 radical (unpaired) electrons. The van der Waals surface area contributed by atoms with E-state index in [4.69, 9.17) is 0 Å². The minimum Gasteiger partial charge on any atom is -0.385 e. The van der Waals surface area contributed by atoms with Crippen LogP contribution in [0.4, 0.5) is 5.69 Å². The standard InChI is InChI=1S/C22H22N2O2/c1-14-16(10-9-15-6-5-12-23-21(14)15)20-17-7-3-4-8-18(17)22(26)24(2)19(20)11-13-25/h3-4,7-10,13,23H,5-6,11-12H2,1-2H3. The molecule has 2 heterocycles. The van der Waals surface area contributed by atoms with Gasteiger partial charge in [0.15, 0.2) is 0 Å². The monoisotopic (exact) mass is 346 g/mol. The number of hydrogen-bond acceptors (Lipinski definition) is 3. The molecule has 0 fully saturated rings. The third-order valence-corrected chi connectivity index (χ3v) is 5.45. The van der Waals surface area contributed by atoms with Gasteiger partial charge in [0, 0.05) is 42.3 Å². The van der Waals surface area contributed by atoms with E-state index in [0.29, 0.717) is 5.39 Å². The number of nitrogens with zero attached hydrogens (tertiary/aromatic N) is 1. The second-order valence-electron chi connectivity index (χ2n) is 6.90. The molecule has 4 nitrogen and oxygen atoms in total. The molecule has 0 aliphatic carbocycles. The number of benzene rings is 2. The smallest absolute Gasteiger partial charge is 0.258 e. The Hall–Kier alpha value is -2.88. The van der Waals surface area contributed by atoms with E-state index in [0.717, 1.165) is 47.9 Å². The van der Waals surface area contributed by atoms with E-state index in [1.54, 1.807) is 11.6 Å². The first-order valence-electron chi connectivity index (χ1n) is 9.04. The van der Waals surface area contributed by atoms with E-state index in [1.807, 2.05) is 24.3 Å². The Balaban J connectivity index is 2.11. The van der Waals surface area contributed by atoms with E-state index in [9.17, 15) is 9.59 Å². The molecule has 2 aromatic carbocycles. The molecule has 1 N–H and O–H groups in total. The second kappa shape index (κ2) is 6.45. The van der Waals surface area contributed by atoms with Crippen molar-refractivity contribution in [2.45, 2.75) is 26.2 Å². The topological polar surface area (TPSA) is 51.1 Å². The zero-order chi connectivity index (χ0) is 18.3. The number of carbonyl (C=O) groups is 1. The predicted octanol–water partition coefficient (Wildman–Crippen LogP) is 3.61. The molecule has 0 saturated carbocycles. The van der Waals surface area contributed by atoms with Crippen molar-refractivity contribution in [3.05, 3.63) is 63.6 Å². The summed E-state index contributed by atoms with van der Waals surface area (Å²) in [5, 5.41) is 5.12. The summed E-state index contributed by atoms with van der Waals surface area (Å²) in [5.41, 5.74) is 6.49. The summed E-state index contributed by atoms with van der Waals surface area (Å²) in [6, 6.07) is 12.0. The summed E-state index contributed by atoms with van der Waals surface area (Å²) < 4.78 is 1.62. The molecule has 1 aromatic heterocycles. The summed E-state index contributed by atoms with van der Waals surface area (Å²) >= 11 is 0. The van der Waals surface area contributed by atoms with Gasteiger partial charge in [0.1, 0.15) is 6.29 Å². The molecular weight excluding hydrogens is 324 g/mol. The Morgan fingerprint density at radius 1 is 1.15 bits per heavy atom. The molecule has 0 bridgehead atoms. The maximum Gasteiger partial charge on any atom is 0.258 e. The first kappa shape index (κ1) is 16.6. The average molecular weight is 346 g/mol. The predicted molar refractivity (Wildman–Crippen MR) is 106 cm³/mol. The lowest BCUT2D eigenvalue weighted by Crippen LogP contribution is -2.22. The summed E-state index contributed by atoms with van der Waals surface area (Å²) in [6.45, 7) is 3.10. The van der Waals surface area contributed by atoms with Gasteiger partial charge in [-0.1, -0.05) is 30.3 Å². The molecule has 0 unspecified atom stereocenters. The van der Waals surface area contributed by atoms with Gasteiger partial charge in [-0.15, -0.1) is 0 Å². The van der Waals surface area contributed by atoms with Gasteiger partial charge in [0.25, 0.3) is 5.56 Å². The molecule has 0 atom stereocenters. The van der Waals surface area contributed by atoms with Gasteiger partial charge in [0.05, 0.1) is 0 Å². The number of aromatic nitrogens is 1. The van der Waals surface area contributed by atoms with Gasteiger partial charge in [-0.05, 0) is 47.9 Å². The van der Waals surface area contributed by atoms with E-state index in [-0.39, 0.29) is 12.0 Å². The van der Waals surface area contributed by atoms with Crippen LogP contribution in [-0.4, -0.2) is 17.4 Å². The highest BCUT2D eigenvalue weighted by Gasteiger charge is 2.20. The van der Waals surface area contributed by atoms with Crippen molar-refractivity contribution in [3.63, 3.8) is 0 Å². The Kier molecular flexibility index (Phi) is 4.11. The zero-order valence-corrected chi connectivity index (χ0v) is 15.1. The SMILES string of the molecule is Cc1c(-c2c(CC=O)n(C)c(=O)c3ccccc23)ccc2c1NCCC2. The van der Waals surface area contributed by atoms with Gasteiger partial charge >= 0.3 is 0 Å². The number of nitrogens with one attached hydrogen (secondary N) is 1. The summed E-state index contributed by atoms with van der Waals surface area (Å²) in [7, 11) is 1.75. The van der Waals surface area contributed by atoms with Crippen molar-refractivity contribution in [1.29, 1.82) is 0 Å². The lowest BCUT2D eigenvalue weighted by atomic mass is 9.89. The summed E-state index contributed by atoms with van der Waals surface area (Å²) in [5.74, 6) is 0. The lowest BCUT2D eigenvalue weighted by Gasteiger charge is -2.24. The van der Waals surface area contributed by atoms with Crippen molar-refractivity contribution < 1.29 is 4.79 Å². The first-order valence-corrected chi connectivity index (χ1v) is 9.04. The van der Waals surface area contributed by atoms with Gasteiger partial charge in [-0.3, -0.25) is 4.79 Å². The van der Waals surface area contributed by atoms with E-state index < -0.39 is 0 Å². The number of fused-ring (bicyclic) bond motifs is 2. The normalized spacial score (nSPS) is 13.3. The van der Waals surface area contributed by atoms with Crippen LogP contribution in [0.5, 0.6) is 0 Å². The molecular formula is C22H22N2O2. The number of aryl methyl sites for hydroxylation is 1. The van der Waals surface area contributed by atoms with Gasteiger partial charge in [0.2, 0.25) is 0 Å². The minimum atomic E-state index is -0.0602. The molecule has 1 aliphatic heterocycles. The van der Waals surface area contributed by atoms with Crippen molar-refractivity contribution in [2.24, 2.45) is 7.05 Å². The van der Waals surface area contributed by atoms with Gasteiger partial charge in [-0.25, -0.2) is 0 Å². The number of carbonyl (C=O) groups excluding carboxylic acids is 1. The third kappa shape index (κ3) is 2.45. The number of pyridine rings is 1. The third-order valence-electron chi connectivity index (χ3n) is 5.45. The van der Waals surface area contributed by atoms with Crippen LogP contribution in [0.2, 0.25) is 0 Å². The average Bonchev–Trinajstić information content (AvgIpc) is 2.68. The molecule has 0 saturated heterocycles. The lowest BCUT2D eigenvalue weighted by molar-refractivity contribution is -0.107. The van der Waals surface area contributed by atoms with E-state index >= 15 is 0 Å². The maximum atomic E-state index is 12.8. The first-order chi connectivity index (χ1) is 12.6. The van der Waals surface area contributed by atoms with Crippen LogP contribution in [0.15, 0.2) is 41.2 Å². The Bertz CT molecular complexity index is 1080. The zero-order valence-electron chi connectivity index (χ0n) is 15.1. The van der Waals surface area contributed by atoms with Crippen LogP contribution in [0.3, 0.4) is 0 Å². The fourth-order valence-electron chi connectivity index (χ4n) is 4.12. The molecule has 1 aliphatic rings. The Morgan fingerprint density at radius 3 is 2.69 bits per heavy atom. The molecule has 132 valence electrons. The van der Waals surface area contributed by atoms with Crippen LogP contribution in [0.1, 0.15) is 23.2 Å². The quantitative estimate of drug-likeness (QED) is 0.737. The number of rotatable bonds is 3. The minimum absolute atomic E-state index is 0.0602. The maximum absolute atomic E-state index is 12.8. The molecule has 3 aromatic rings.